The monoisotopic (exact) mass is 658 g/mol. The van der Waals surface area contributed by atoms with Gasteiger partial charge in [0, 0.05) is 23.1 Å². The number of carbonyl (C=O) groups excluding carboxylic acids is 3. The number of hydrogen-bond acceptors (Lipinski definition) is 3. The molecule has 206 valence electrons. The van der Waals surface area contributed by atoms with Crippen molar-refractivity contribution in [2.75, 3.05) is 11.9 Å². The van der Waals surface area contributed by atoms with E-state index in [0.29, 0.717) is 36.4 Å². The molecule has 3 aliphatic carbocycles. The predicted molar refractivity (Wildman–Crippen MR) is 161 cm³/mol. The average Bonchev–Trinajstić information content (AvgIpc) is 3.22. The number of anilines is 1. The number of nitrogens with one attached hydrogen (secondary N) is 1. The van der Waals surface area contributed by atoms with Crippen LogP contribution in [-0.2, 0) is 24.1 Å². The van der Waals surface area contributed by atoms with Gasteiger partial charge in [-0.15, -0.1) is 23.2 Å². The highest BCUT2D eigenvalue weighted by molar-refractivity contribution is 9.10. The molecular weight excluding hydrogens is 635 g/mol. The topological polar surface area (TPSA) is 66.5 Å². The van der Waals surface area contributed by atoms with Crippen molar-refractivity contribution in [1.82, 2.24) is 4.90 Å². The Labute approximate surface area is 256 Å². The van der Waals surface area contributed by atoms with E-state index in [4.69, 9.17) is 34.8 Å². The van der Waals surface area contributed by atoms with E-state index in [9.17, 15) is 14.4 Å². The van der Waals surface area contributed by atoms with Gasteiger partial charge in [0.15, 0.2) is 0 Å². The standard InChI is InChI=1S/C31H26BrCl3N2O3/c1-17-23(15-14-22(32)27(17)33)36-24(38)13-3-2-8-16-37-28(39)25-26(29(37)40)31(35)19-10-5-4-9-18(19)30(25,34)20-11-6-7-12-21(20)31/h4-7,9-12,14-15,25-26H,2-3,8,13,16H2,1H3,(H,36,38)/t25-,26+,30?,31?. The Balaban J connectivity index is 1.14. The number of likely N-dealkylation sites (tertiary alicyclic amines) is 1. The van der Waals surface area contributed by atoms with Crippen LogP contribution in [0.3, 0.4) is 0 Å². The second-order valence-corrected chi connectivity index (χ2v) is 13.1. The second-order valence-electron chi connectivity index (χ2n) is 10.7. The Morgan fingerprint density at radius 1 is 0.850 bits per heavy atom. The predicted octanol–water partition coefficient (Wildman–Crippen LogP) is 7.50. The summed E-state index contributed by atoms with van der Waals surface area (Å²) >= 11 is 24.5. The molecule has 40 heavy (non-hydrogen) atoms. The normalized spacial score (nSPS) is 26.0. The quantitative estimate of drug-likeness (QED) is 0.162. The Hall–Kier alpha value is -2.38. The van der Waals surface area contributed by atoms with E-state index in [1.165, 1.54) is 4.90 Å². The molecule has 1 aliphatic heterocycles. The lowest BCUT2D eigenvalue weighted by Gasteiger charge is -2.54. The second kappa shape index (κ2) is 10.2. The average molecular weight is 661 g/mol. The summed E-state index contributed by atoms with van der Waals surface area (Å²) in [6.07, 6.45) is 2.20. The molecule has 1 N–H and O–H groups in total. The highest BCUT2D eigenvalue weighted by Gasteiger charge is 2.72. The van der Waals surface area contributed by atoms with Crippen molar-refractivity contribution in [1.29, 1.82) is 0 Å². The molecule has 9 heteroatoms. The first-order valence-electron chi connectivity index (χ1n) is 13.3. The van der Waals surface area contributed by atoms with Crippen LogP contribution in [0.15, 0.2) is 65.1 Å². The van der Waals surface area contributed by atoms with Crippen molar-refractivity contribution in [2.24, 2.45) is 11.8 Å². The van der Waals surface area contributed by atoms with E-state index in [0.717, 1.165) is 32.3 Å². The van der Waals surface area contributed by atoms with Crippen molar-refractivity contribution < 1.29 is 14.4 Å². The summed E-state index contributed by atoms with van der Waals surface area (Å²) in [7, 11) is 0. The summed E-state index contributed by atoms with van der Waals surface area (Å²) in [5, 5.41) is 3.47. The van der Waals surface area contributed by atoms with Crippen LogP contribution in [-0.4, -0.2) is 29.2 Å². The molecular formula is C31H26BrCl3N2O3. The molecule has 0 radical (unpaired) electrons. The fourth-order valence-electron chi connectivity index (χ4n) is 6.68. The summed E-state index contributed by atoms with van der Waals surface area (Å²) in [4.78, 5) is 39.2. The Kier molecular flexibility index (Phi) is 7.06. The van der Waals surface area contributed by atoms with E-state index in [2.05, 4.69) is 21.2 Å². The molecule has 3 aromatic carbocycles. The summed E-state index contributed by atoms with van der Waals surface area (Å²) in [5.41, 5.74) is 4.65. The van der Waals surface area contributed by atoms with Crippen LogP contribution in [0.25, 0.3) is 0 Å². The fourth-order valence-corrected chi connectivity index (χ4v) is 8.37. The first-order valence-corrected chi connectivity index (χ1v) is 15.2. The molecule has 0 aromatic heterocycles. The molecule has 0 unspecified atom stereocenters. The fraction of sp³-hybridized carbons (Fsp3) is 0.323. The minimum absolute atomic E-state index is 0.110. The van der Waals surface area contributed by atoms with Gasteiger partial charge in [-0.1, -0.05) is 66.6 Å². The molecule has 1 heterocycles. The third-order valence-electron chi connectivity index (χ3n) is 8.58. The van der Waals surface area contributed by atoms with E-state index in [1.54, 1.807) is 6.07 Å². The van der Waals surface area contributed by atoms with Crippen LogP contribution in [0, 0.1) is 18.8 Å². The van der Waals surface area contributed by atoms with E-state index in [1.807, 2.05) is 61.5 Å². The number of nitrogens with zero attached hydrogens (tertiary/aromatic N) is 1. The SMILES string of the molecule is Cc1c(NC(=O)CCCCCN2C(=O)[C@@H]3[C@H](C2=O)C2(Cl)c4ccccc4C3(Cl)c3ccccc32)ccc(Br)c1Cl. The van der Waals surface area contributed by atoms with E-state index < -0.39 is 21.6 Å². The first-order chi connectivity index (χ1) is 19.1. The molecule has 3 amide bonds. The third-order valence-corrected chi connectivity index (χ3v) is 11.2. The Morgan fingerprint density at radius 3 is 1.85 bits per heavy atom. The minimum Gasteiger partial charge on any atom is -0.326 e. The van der Waals surface area contributed by atoms with Crippen LogP contribution in [0.5, 0.6) is 0 Å². The number of benzene rings is 3. The lowest BCUT2D eigenvalue weighted by molar-refractivity contribution is -0.140. The van der Waals surface area contributed by atoms with Gasteiger partial charge in [0.25, 0.3) is 0 Å². The molecule has 1 saturated heterocycles. The zero-order chi connectivity index (χ0) is 28.4. The summed E-state index contributed by atoms with van der Waals surface area (Å²) in [6.45, 7) is 2.11. The van der Waals surface area contributed by atoms with Crippen LogP contribution >= 0.6 is 50.7 Å². The van der Waals surface area contributed by atoms with Crippen molar-refractivity contribution >= 4 is 74.1 Å². The number of unbranched alkanes of at least 4 members (excludes halogenated alkanes) is 2. The number of halogens is 4. The van der Waals surface area contributed by atoms with Crippen molar-refractivity contribution in [2.45, 2.75) is 42.4 Å². The maximum Gasteiger partial charge on any atom is 0.235 e. The Morgan fingerprint density at radius 2 is 1.35 bits per heavy atom. The van der Waals surface area contributed by atoms with E-state index >= 15 is 0 Å². The largest absolute Gasteiger partial charge is 0.326 e. The zero-order valence-corrected chi connectivity index (χ0v) is 25.5. The number of rotatable bonds is 7. The van der Waals surface area contributed by atoms with Crippen molar-refractivity contribution in [3.63, 3.8) is 0 Å². The highest BCUT2D eigenvalue weighted by atomic mass is 79.9. The molecule has 2 atom stereocenters. The summed E-state index contributed by atoms with van der Waals surface area (Å²) in [6, 6.07) is 18.8. The van der Waals surface area contributed by atoms with Gasteiger partial charge in [-0.05, 0) is 75.6 Å². The van der Waals surface area contributed by atoms with Crippen LogP contribution < -0.4 is 5.32 Å². The first kappa shape index (κ1) is 27.8. The van der Waals surface area contributed by atoms with Gasteiger partial charge in [0.2, 0.25) is 17.7 Å². The minimum atomic E-state index is -1.16. The smallest absolute Gasteiger partial charge is 0.235 e. The van der Waals surface area contributed by atoms with Gasteiger partial charge < -0.3 is 5.32 Å². The van der Waals surface area contributed by atoms with Gasteiger partial charge in [-0.2, -0.15) is 0 Å². The number of amides is 3. The Bertz CT molecular complexity index is 1450. The highest BCUT2D eigenvalue weighted by Crippen LogP contribution is 2.69. The zero-order valence-electron chi connectivity index (χ0n) is 21.6. The van der Waals surface area contributed by atoms with E-state index in [-0.39, 0.29) is 24.3 Å². The van der Waals surface area contributed by atoms with Crippen molar-refractivity contribution in [3.8, 4) is 0 Å². The van der Waals surface area contributed by atoms with Gasteiger partial charge in [-0.3, -0.25) is 19.3 Å². The summed E-state index contributed by atoms with van der Waals surface area (Å²) < 4.78 is 0.774. The number of alkyl halides is 2. The molecule has 2 bridgehead atoms. The molecule has 7 rings (SSSR count). The van der Waals surface area contributed by atoms with Crippen LogP contribution in [0.4, 0.5) is 5.69 Å². The number of hydrogen-bond donors (Lipinski definition) is 1. The van der Waals surface area contributed by atoms with Crippen molar-refractivity contribution in [3.05, 3.63) is 98.0 Å². The van der Waals surface area contributed by atoms with Gasteiger partial charge in [0.05, 0.1) is 16.9 Å². The molecule has 4 aliphatic rings. The lowest BCUT2D eigenvalue weighted by atomic mass is 9.54. The summed E-state index contributed by atoms with van der Waals surface area (Å²) in [5.74, 6) is -2.23. The molecule has 1 fully saturated rings. The van der Waals surface area contributed by atoms with Crippen LogP contribution in [0.1, 0.15) is 53.5 Å². The maximum absolute atomic E-state index is 13.8. The molecule has 3 aromatic rings. The number of carbonyl (C=O) groups is 3. The maximum atomic E-state index is 13.8. The molecule has 0 saturated carbocycles. The molecule has 0 spiro atoms. The van der Waals surface area contributed by atoms with Crippen LogP contribution in [0.2, 0.25) is 5.02 Å². The number of imide groups is 1. The van der Waals surface area contributed by atoms with Gasteiger partial charge in [0.1, 0.15) is 9.75 Å². The molecule has 5 nitrogen and oxygen atoms in total. The van der Waals surface area contributed by atoms with Gasteiger partial charge >= 0.3 is 0 Å². The lowest BCUT2D eigenvalue weighted by Crippen LogP contribution is -2.57. The van der Waals surface area contributed by atoms with Gasteiger partial charge in [-0.25, -0.2) is 0 Å². The third kappa shape index (κ3) is 3.90.